The second kappa shape index (κ2) is 35.5. The Morgan fingerprint density at radius 1 is 1.11 bits per heavy atom. The number of nitrogens with zero attached hydrogens (tertiary/aromatic N) is 1. The Kier molecular flexibility index (Phi) is 47.7. The molecule has 1 unspecified atom stereocenters. The van der Waals surface area contributed by atoms with Crippen molar-refractivity contribution in [1.82, 2.24) is 10.2 Å². The molecule has 0 radical (unpaired) electrons. The number of rotatable bonds is 8. The van der Waals surface area contributed by atoms with Crippen LogP contribution in [0, 0.1) is 0 Å². The highest BCUT2D eigenvalue weighted by Crippen LogP contribution is 2.06. The Balaban J connectivity index is -0.000000140. The minimum atomic E-state index is -0.250. The first-order valence-electron chi connectivity index (χ1n) is 9.65. The number of carboxylic acid groups (broad SMARTS) is 1. The predicted molar refractivity (Wildman–Crippen MR) is 125 cm³/mol. The smallest absolute Gasteiger partial charge is 0.290 e. The summed E-state index contributed by atoms with van der Waals surface area (Å²) in [4.78, 5) is 10.8. The van der Waals surface area contributed by atoms with Gasteiger partial charge in [0.25, 0.3) is 6.47 Å². The van der Waals surface area contributed by atoms with Crippen LogP contribution in [0.25, 0.3) is 0 Å². The summed E-state index contributed by atoms with van der Waals surface area (Å²) < 4.78 is 0. The third kappa shape index (κ3) is 29.4. The largest absolute Gasteiger partial charge is 0.483 e. The maximum absolute atomic E-state index is 8.36. The second-order valence-corrected chi connectivity index (χ2v) is 4.89. The lowest BCUT2D eigenvalue weighted by molar-refractivity contribution is -0.122. The lowest BCUT2D eigenvalue weighted by Crippen LogP contribution is -2.30. The van der Waals surface area contributed by atoms with Crippen LogP contribution in [-0.2, 0) is 11.3 Å². The Bertz CT molecular complexity index is 345. The molecule has 0 saturated carbocycles. The highest BCUT2D eigenvalue weighted by Gasteiger charge is 2.06. The van der Waals surface area contributed by atoms with Gasteiger partial charge in [0.1, 0.15) is 0 Å². The maximum atomic E-state index is 8.36. The molecular formula is C23H48N2O2. The van der Waals surface area contributed by atoms with Crippen molar-refractivity contribution in [1.29, 1.82) is 0 Å². The Morgan fingerprint density at radius 3 is 1.93 bits per heavy atom. The van der Waals surface area contributed by atoms with E-state index in [-0.39, 0.29) is 13.9 Å². The Labute approximate surface area is 170 Å². The van der Waals surface area contributed by atoms with E-state index < -0.39 is 0 Å². The van der Waals surface area contributed by atoms with E-state index in [0.717, 1.165) is 13.1 Å². The normalized spacial score (nSPS) is 9.19. The van der Waals surface area contributed by atoms with Crippen LogP contribution in [0.2, 0.25) is 0 Å². The molecule has 1 aromatic rings. The van der Waals surface area contributed by atoms with Crippen LogP contribution < -0.4 is 5.32 Å². The van der Waals surface area contributed by atoms with E-state index in [1.807, 2.05) is 27.7 Å². The summed E-state index contributed by atoms with van der Waals surface area (Å²) in [5.74, 6) is 0. The van der Waals surface area contributed by atoms with Crippen molar-refractivity contribution in [2.24, 2.45) is 0 Å². The minimum Gasteiger partial charge on any atom is -0.483 e. The summed E-state index contributed by atoms with van der Waals surface area (Å²) in [7, 11) is 4.27. The van der Waals surface area contributed by atoms with Gasteiger partial charge in [-0.05, 0) is 39.0 Å². The lowest BCUT2D eigenvalue weighted by atomic mass is 10.1. The third-order valence-electron chi connectivity index (χ3n) is 3.20. The van der Waals surface area contributed by atoms with Crippen molar-refractivity contribution in [2.45, 2.75) is 73.9 Å². The van der Waals surface area contributed by atoms with Gasteiger partial charge in [-0.1, -0.05) is 78.8 Å². The standard InChI is InChI=1S/C15H26N2.2C2H6.C2H4.CH2O2.CH4/c1-4-8-15(16-2)11-12-17(3)13-14-9-6-5-7-10-14;3*1-2;2-1-3;/h5-7,9-10,15-16H,4,8,11-13H2,1-3H3;2*1-2H3;1-2H2;1H,(H,2,3);1H4. The minimum absolute atomic E-state index is 0. The predicted octanol–water partition coefficient (Wildman–Crippen LogP) is 6.09. The number of hydrogen-bond acceptors (Lipinski definition) is 3. The van der Waals surface area contributed by atoms with E-state index in [1.54, 1.807) is 0 Å². The zero-order valence-electron chi connectivity index (χ0n) is 18.3. The molecule has 0 aliphatic rings. The van der Waals surface area contributed by atoms with E-state index in [2.05, 4.69) is 74.7 Å². The van der Waals surface area contributed by atoms with E-state index in [1.165, 1.54) is 24.8 Å². The van der Waals surface area contributed by atoms with Crippen LogP contribution in [0.15, 0.2) is 43.5 Å². The summed E-state index contributed by atoms with van der Waals surface area (Å²) in [5, 5.41) is 10.3. The first-order valence-corrected chi connectivity index (χ1v) is 9.65. The number of hydrogen-bond donors (Lipinski definition) is 2. The van der Waals surface area contributed by atoms with Crippen molar-refractivity contribution in [3.63, 3.8) is 0 Å². The summed E-state index contributed by atoms with van der Waals surface area (Å²) >= 11 is 0. The van der Waals surface area contributed by atoms with E-state index in [9.17, 15) is 0 Å². The average Bonchev–Trinajstić information content (AvgIpc) is 2.71. The molecular weight excluding hydrogens is 336 g/mol. The number of nitrogens with one attached hydrogen (secondary N) is 1. The molecule has 0 saturated heterocycles. The molecule has 0 spiro atoms. The monoisotopic (exact) mass is 384 g/mol. The first kappa shape index (κ1) is 36.3. The molecule has 1 atom stereocenters. The molecule has 0 fully saturated rings. The molecule has 1 rings (SSSR count). The second-order valence-electron chi connectivity index (χ2n) is 4.89. The molecule has 0 amide bonds. The first-order chi connectivity index (χ1) is 12.7. The van der Waals surface area contributed by atoms with Gasteiger partial charge >= 0.3 is 0 Å². The van der Waals surface area contributed by atoms with E-state index >= 15 is 0 Å². The molecule has 0 aliphatic heterocycles. The highest BCUT2D eigenvalue weighted by atomic mass is 16.3. The number of carbonyl (C=O) groups is 1. The van der Waals surface area contributed by atoms with Gasteiger partial charge in [-0.25, -0.2) is 0 Å². The molecule has 4 heteroatoms. The molecule has 162 valence electrons. The van der Waals surface area contributed by atoms with Gasteiger partial charge in [0.15, 0.2) is 0 Å². The zero-order valence-corrected chi connectivity index (χ0v) is 18.3. The van der Waals surface area contributed by atoms with Gasteiger partial charge < -0.3 is 15.3 Å². The molecule has 1 aromatic carbocycles. The van der Waals surface area contributed by atoms with Crippen molar-refractivity contribution in [3.8, 4) is 0 Å². The molecule has 0 bridgehead atoms. The fourth-order valence-electron chi connectivity index (χ4n) is 2.13. The highest BCUT2D eigenvalue weighted by molar-refractivity contribution is 5.32. The van der Waals surface area contributed by atoms with Crippen LogP contribution in [0.4, 0.5) is 0 Å². The van der Waals surface area contributed by atoms with Crippen LogP contribution in [0.5, 0.6) is 0 Å². The van der Waals surface area contributed by atoms with Crippen LogP contribution in [0.1, 0.15) is 66.9 Å². The SMILES string of the molecule is C.C=C.CC.CC.CCCC(CCN(C)Cc1ccccc1)NC.O=CO. The maximum Gasteiger partial charge on any atom is 0.290 e. The van der Waals surface area contributed by atoms with E-state index in [0.29, 0.717) is 6.04 Å². The summed E-state index contributed by atoms with van der Waals surface area (Å²) in [6.45, 7) is 18.2. The molecule has 4 nitrogen and oxygen atoms in total. The van der Waals surface area contributed by atoms with Gasteiger partial charge in [0, 0.05) is 12.6 Å². The van der Waals surface area contributed by atoms with Crippen molar-refractivity contribution >= 4 is 6.47 Å². The molecule has 0 heterocycles. The Morgan fingerprint density at radius 2 is 1.56 bits per heavy atom. The zero-order chi connectivity index (χ0) is 21.2. The van der Waals surface area contributed by atoms with Gasteiger partial charge in [0.2, 0.25) is 0 Å². The van der Waals surface area contributed by atoms with Crippen molar-refractivity contribution in [3.05, 3.63) is 49.1 Å². The Hall–Kier alpha value is -1.65. The fourth-order valence-corrected chi connectivity index (χ4v) is 2.13. The van der Waals surface area contributed by atoms with Crippen LogP contribution in [-0.4, -0.2) is 43.2 Å². The van der Waals surface area contributed by atoms with Crippen molar-refractivity contribution in [2.75, 3.05) is 20.6 Å². The van der Waals surface area contributed by atoms with Gasteiger partial charge in [0.05, 0.1) is 0 Å². The lowest BCUT2D eigenvalue weighted by Gasteiger charge is -2.21. The van der Waals surface area contributed by atoms with Crippen LogP contribution in [0.3, 0.4) is 0 Å². The third-order valence-corrected chi connectivity index (χ3v) is 3.20. The summed E-state index contributed by atoms with van der Waals surface area (Å²) in [5.41, 5.74) is 1.39. The topological polar surface area (TPSA) is 52.6 Å². The van der Waals surface area contributed by atoms with Gasteiger partial charge in [-0.2, -0.15) is 0 Å². The van der Waals surface area contributed by atoms with E-state index in [4.69, 9.17) is 9.90 Å². The summed E-state index contributed by atoms with van der Waals surface area (Å²) in [6, 6.07) is 11.3. The van der Waals surface area contributed by atoms with Gasteiger partial charge in [-0.15, -0.1) is 13.2 Å². The fraction of sp³-hybridized carbons (Fsp3) is 0.609. The molecule has 0 aromatic heterocycles. The molecule has 0 aliphatic carbocycles. The quantitative estimate of drug-likeness (QED) is 0.421. The number of benzene rings is 1. The van der Waals surface area contributed by atoms with Crippen LogP contribution >= 0.6 is 0 Å². The van der Waals surface area contributed by atoms with Gasteiger partial charge in [-0.3, -0.25) is 4.79 Å². The van der Waals surface area contributed by atoms with Crippen molar-refractivity contribution < 1.29 is 9.90 Å². The molecule has 2 N–H and O–H groups in total. The molecule has 27 heavy (non-hydrogen) atoms. The average molecular weight is 385 g/mol. The summed E-state index contributed by atoms with van der Waals surface area (Å²) in [6.07, 6.45) is 3.76.